The van der Waals surface area contributed by atoms with Gasteiger partial charge in [-0.1, -0.05) is 42.5 Å². The molecule has 0 unspecified atom stereocenters. The van der Waals surface area contributed by atoms with E-state index in [1.54, 1.807) is 25.1 Å². The SMILES string of the molecule is C[C@@H](N=C1NS(=O)(=O)c2ccccc21)C(=O)NCc1ccccc1. The fraction of sp³-hybridized carbons (Fsp3) is 0.176. The van der Waals surface area contributed by atoms with Gasteiger partial charge in [0.15, 0.2) is 0 Å². The molecule has 2 aromatic carbocycles. The molecule has 0 aromatic heterocycles. The van der Waals surface area contributed by atoms with Crippen molar-refractivity contribution in [2.24, 2.45) is 4.99 Å². The van der Waals surface area contributed by atoms with E-state index < -0.39 is 16.1 Å². The van der Waals surface area contributed by atoms with E-state index in [2.05, 4.69) is 15.0 Å². The molecule has 124 valence electrons. The third kappa shape index (κ3) is 3.30. The van der Waals surface area contributed by atoms with E-state index in [1.165, 1.54) is 6.07 Å². The van der Waals surface area contributed by atoms with E-state index >= 15 is 0 Å². The topological polar surface area (TPSA) is 87.6 Å². The zero-order valence-corrected chi connectivity index (χ0v) is 13.9. The molecule has 0 aliphatic carbocycles. The van der Waals surface area contributed by atoms with Gasteiger partial charge in [-0.15, -0.1) is 0 Å². The third-order valence-corrected chi connectivity index (χ3v) is 5.07. The number of hydrogen-bond acceptors (Lipinski definition) is 4. The summed E-state index contributed by atoms with van der Waals surface area (Å²) in [7, 11) is -3.59. The Labute approximate surface area is 140 Å². The summed E-state index contributed by atoms with van der Waals surface area (Å²) >= 11 is 0. The van der Waals surface area contributed by atoms with Crippen LogP contribution in [0, 0.1) is 0 Å². The summed E-state index contributed by atoms with van der Waals surface area (Å²) in [4.78, 5) is 16.6. The second kappa shape index (κ2) is 6.45. The van der Waals surface area contributed by atoms with Crippen LogP contribution in [0.2, 0.25) is 0 Å². The normalized spacial score (nSPS) is 17.8. The Bertz CT molecular complexity index is 892. The number of hydrogen-bond donors (Lipinski definition) is 2. The second-order valence-corrected chi connectivity index (χ2v) is 7.11. The molecule has 0 saturated heterocycles. The van der Waals surface area contributed by atoms with E-state index in [1.807, 2.05) is 30.3 Å². The molecule has 1 atom stereocenters. The van der Waals surface area contributed by atoms with Gasteiger partial charge in [0.25, 0.3) is 10.0 Å². The summed E-state index contributed by atoms with van der Waals surface area (Å²) in [5.41, 5.74) is 1.47. The van der Waals surface area contributed by atoms with Gasteiger partial charge in [0, 0.05) is 12.1 Å². The zero-order chi connectivity index (χ0) is 17.2. The van der Waals surface area contributed by atoms with E-state index in [0.29, 0.717) is 12.1 Å². The number of benzene rings is 2. The van der Waals surface area contributed by atoms with Crippen molar-refractivity contribution in [1.29, 1.82) is 0 Å². The van der Waals surface area contributed by atoms with Crippen LogP contribution in [0.3, 0.4) is 0 Å². The molecule has 1 aliphatic heterocycles. The smallest absolute Gasteiger partial charge is 0.263 e. The van der Waals surface area contributed by atoms with Crippen molar-refractivity contribution in [3.05, 3.63) is 65.7 Å². The number of carbonyl (C=O) groups is 1. The summed E-state index contributed by atoms with van der Waals surface area (Å²) < 4.78 is 26.5. The lowest BCUT2D eigenvalue weighted by molar-refractivity contribution is -0.122. The van der Waals surface area contributed by atoms with Crippen LogP contribution in [0.5, 0.6) is 0 Å². The van der Waals surface area contributed by atoms with Crippen LogP contribution in [-0.4, -0.2) is 26.2 Å². The lowest BCUT2D eigenvalue weighted by Crippen LogP contribution is -2.33. The Morgan fingerprint density at radius 1 is 1.12 bits per heavy atom. The molecular formula is C17H17N3O3S. The van der Waals surface area contributed by atoms with Crippen LogP contribution in [0.25, 0.3) is 0 Å². The minimum Gasteiger partial charge on any atom is -0.350 e. The summed E-state index contributed by atoms with van der Waals surface area (Å²) in [6.45, 7) is 2.03. The molecular weight excluding hydrogens is 326 g/mol. The maximum atomic E-state index is 12.2. The first-order valence-corrected chi connectivity index (χ1v) is 8.97. The molecule has 1 heterocycles. The highest BCUT2D eigenvalue weighted by molar-refractivity contribution is 7.90. The Kier molecular flexibility index (Phi) is 4.35. The second-order valence-electron chi connectivity index (χ2n) is 5.46. The van der Waals surface area contributed by atoms with Crippen LogP contribution < -0.4 is 10.0 Å². The van der Waals surface area contributed by atoms with Gasteiger partial charge in [0.2, 0.25) is 5.91 Å². The van der Waals surface area contributed by atoms with E-state index in [-0.39, 0.29) is 16.6 Å². The number of aliphatic imine (C=N–C) groups is 1. The monoisotopic (exact) mass is 343 g/mol. The van der Waals surface area contributed by atoms with Gasteiger partial charge < -0.3 is 5.32 Å². The highest BCUT2D eigenvalue weighted by atomic mass is 32.2. The maximum absolute atomic E-state index is 12.2. The summed E-state index contributed by atoms with van der Waals surface area (Å²) in [6.07, 6.45) is 0. The van der Waals surface area contributed by atoms with Crippen LogP contribution in [-0.2, 0) is 21.4 Å². The first-order chi connectivity index (χ1) is 11.5. The van der Waals surface area contributed by atoms with Gasteiger partial charge in [-0.05, 0) is 24.6 Å². The van der Waals surface area contributed by atoms with Crippen molar-refractivity contribution in [3.8, 4) is 0 Å². The van der Waals surface area contributed by atoms with Gasteiger partial charge in [-0.25, -0.2) is 8.42 Å². The maximum Gasteiger partial charge on any atom is 0.263 e. The number of fused-ring (bicyclic) bond motifs is 1. The van der Waals surface area contributed by atoms with Crippen molar-refractivity contribution in [3.63, 3.8) is 0 Å². The highest BCUT2D eigenvalue weighted by Gasteiger charge is 2.31. The Hall–Kier alpha value is -2.67. The number of carbonyl (C=O) groups excluding carboxylic acids is 1. The molecule has 7 heteroatoms. The molecule has 0 fully saturated rings. The predicted octanol–water partition coefficient (Wildman–Crippen LogP) is 1.43. The number of nitrogens with one attached hydrogen (secondary N) is 2. The van der Waals surface area contributed by atoms with Gasteiger partial charge in [-0.2, -0.15) is 0 Å². The molecule has 1 aliphatic rings. The quantitative estimate of drug-likeness (QED) is 0.880. The fourth-order valence-electron chi connectivity index (χ4n) is 2.41. The Morgan fingerprint density at radius 3 is 2.54 bits per heavy atom. The van der Waals surface area contributed by atoms with Crippen LogP contribution in [0.15, 0.2) is 64.5 Å². The molecule has 2 N–H and O–H groups in total. The van der Waals surface area contributed by atoms with Crippen LogP contribution in [0.4, 0.5) is 0 Å². The van der Waals surface area contributed by atoms with Crippen LogP contribution >= 0.6 is 0 Å². The Morgan fingerprint density at radius 2 is 1.79 bits per heavy atom. The summed E-state index contributed by atoms with van der Waals surface area (Å²) in [5.74, 6) is -0.0668. The largest absolute Gasteiger partial charge is 0.350 e. The molecule has 24 heavy (non-hydrogen) atoms. The average Bonchev–Trinajstić information content (AvgIpc) is 2.84. The Balaban J connectivity index is 1.73. The van der Waals surface area contributed by atoms with Crippen molar-refractivity contribution < 1.29 is 13.2 Å². The average molecular weight is 343 g/mol. The van der Waals surface area contributed by atoms with Crippen molar-refractivity contribution >= 4 is 21.8 Å². The van der Waals surface area contributed by atoms with Gasteiger partial charge in [-0.3, -0.25) is 14.5 Å². The van der Waals surface area contributed by atoms with Gasteiger partial charge >= 0.3 is 0 Å². The third-order valence-electron chi connectivity index (χ3n) is 3.67. The number of sulfonamides is 1. The molecule has 0 bridgehead atoms. The zero-order valence-electron chi connectivity index (χ0n) is 13.1. The van der Waals surface area contributed by atoms with E-state index in [4.69, 9.17) is 0 Å². The first-order valence-electron chi connectivity index (χ1n) is 7.49. The van der Waals surface area contributed by atoms with Crippen LogP contribution in [0.1, 0.15) is 18.1 Å². The standard InChI is InChI=1S/C17H17N3O3S/c1-12(17(21)18-11-13-7-3-2-4-8-13)19-16-14-9-5-6-10-15(14)24(22,23)20-16/h2-10,12H,11H2,1H3,(H,18,21)(H,19,20)/t12-/m1/s1. The number of rotatable bonds is 4. The lowest BCUT2D eigenvalue weighted by atomic mass is 10.2. The predicted molar refractivity (Wildman–Crippen MR) is 91.1 cm³/mol. The highest BCUT2D eigenvalue weighted by Crippen LogP contribution is 2.22. The fourth-order valence-corrected chi connectivity index (χ4v) is 3.65. The van der Waals surface area contributed by atoms with Crippen molar-refractivity contribution in [2.75, 3.05) is 0 Å². The first kappa shape index (κ1) is 16.2. The number of amides is 1. The van der Waals surface area contributed by atoms with Crippen molar-refractivity contribution in [1.82, 2.24) is 10.0 Å². The molecule has 0 spiro atoms. The molecule has 1 amide bonds. The number of amidine groups is 1. The van der Waals surface area contributed by atoms with Gasteiger partial charge in [0.05, 0.1) is 4.90 Å². The molecule has 3 rings (SSSR count). The molecule has 6 nitrogen and oxygen atoms in total. The summed E-state index contributed by atoms with van der Waals surface area (Å²) in [5, 5.41) is 2.79. The molecule has 0 saturated carbocycles. The summed E-state index contributed by atoms with van der Waals surface area (Å²) in [6, 6.07) is 15.4. The van der Waals surface area contributed by atoms with Crippen molar-refractivity contribution in [2.45, 2.75) is 24.4 Å². The lowest BCUT2D eigenvalue weighted by Gasteiger charge is -2.09. The minimum atomic E-state index is -3.59. The number of nitrogens with zero attached hydrogens (tertiary/aromatic N) is 1. The molecule has 0 radical (unpaired) electrons. The van der Waals surface area contributed by atoms with Gasteiger partial charge in [0.1, 0.15) is 11.9 Å². The molecule has 2 aromatic rings. The minimum absolute atomic E-state index is 0.181. The van der Waals surface area contributed by atoms with E-state index in [0.717, 1.165) is 5.56 Å². The van der Waals surface area contributed by atoms with E-state index in [9.17, 15) is 13.2 Å².